The summed E-state index contributed by atoms with van der Waals surface area (Å²) in [7, 11) is -3.95. The number of carbonyl (C=O) groups is 2. The number of nitrogens with zero attached hydrogens (tertiary/aromatic N) is 1. The molecule has 1 aliphatic heterocycles. The van der Waals surface area contributed by atoms with Crippen molar-refractivity contribution >= 4 is 27.5 Å². The van der Waals surface area contributed by atoms with Gasteiger partial charge in [0.2, 0.25) is 0 Å². The van der Waals surface area contributed by atoms with Gasteiger partial charge in [-0.15, -0.1) is 0 Å². The first kappa shape index (κ1) is 22.0. The molecule has 0 unspecified atom stereocenters. The molecule has 34 heavy (non-hydrogen) atoms. The van der Waals surface area contributed by atoms with Crippen LogP contribution in [-0.4, -0.2) is 37.2 Å². The second-order valence-corrected chi connectivity index (χ2v) is 9.79. The Bertz CT molecular complexity index is 1380. The quantitative estimate of drug-likeness (QED) is 0.539. The van der Waals surface area contributed by atoms with E-state index in [4.69, 9.17) is 9.47 Å². The molecule has 0 radical (unpaired) electrons. The predicted octanol–water partition coefficient (Wildman–Crippen LogP) is 4.44. The summed E-state index contributed by atoms with van der Waals surface area (Å²) in [5, 5.41) is 2.77. The molecule has 174 valence electrons. The fourth-order valence-electron chi connectivity index (χ4n) is 3.81. The van der Waals surface area contributed by atoms with Gasteiger partial charge in [-0.25, -0.2) is 12.7 Å². The first-order valence-electron chi connectivity index (χ1n) is 10.9. The Morgan fingerprint density at radius 1 is 1.03 bits per heavy atom. The number of anilines is 1. The molecule has 8 nitrogen and oxygen atoms in total. The van der Waals surface area contributed by atoms with Crippen molar-refractivity contribution in [3.63, 3.8) is 0 Å². The monoisotopic (exact) mass is 478 g/mol. The Balaban J connectivity index is 1.37. The van der Waals surface area contributed by atoms with E-state index >= 15 is 0 Å². The lowest BCUT2D eigenvalue weighted by atomic mass is 10.1. The maximum absolute atomic E-state index is 13.0. The largest absolute Gasteiger partial charge is 0.494 e. The number of para-hydroxylation sites is 2. The van der Waals surface area contributed by atoms with E-state index in [0.717, 1.165) is 10.1 Å². The van der Waals surface area contributed by atoms with Gasteiger partial charge in [0.1, 0.15) is 16.4 Å². The van der Waals surface area contributed by atoms with Gasteiger partial charge in [-0.1, -0.05) is 12.1 Å². The molecule has 1 fully saturated rings. The predicted molar refractivity (Wildman–Crippen MR) is 125 cm³/mol. The number of hydrogen-bond acceptors (Lipinski definition) is 6. The first-order valence-corrected chi connectivity index (χ1v) is 12.4. The van der Waals surface area contributed by atoms with Crippen molar-refractivity contribution in [2.75, 3.05) is 11.9 Å². The van der Waals surface area contributed by atoms with E-state index in [9.17, 15) is 18.0 Å². The van der Waals surface area contributed by atoms with E-state index in [-0.39, 0.29) is 22.1 Å². The van der Waals surface area contributed by atoms with Crippen LogP contribution < -0.4 is 14.8 Å². The zero-order chi connectivity index (χ0) is 23.9. The molecule has 1 N–H and O–H groups in total. The average molecular weight is 479 g/mol. The number of rotatable bonds is 7. The lowest BCUT2D eigenvalue weighted by Gasteiger charge is -2.13. The lowest BCUT2D eigenvalue weighted by molar-refractivity contribution is 0.0864. The van der Waals surface area contributed by atoms with E-state index in [1.807, 2.05) is 6.92 Å². The lowest BCUT2D eigenvalue weighted by Crippen LogP contribution is -2.31. The van der Waals surface area contributed by atoms with Gasteiger partial charge < -0.3 is 14.8 Å². The number of fused-ring (bicyclic) bond motifs is 1. The van der Waals surface area contributed by atoms with Crippen LogP contribution in [-0.2, 0) is 10.0 Å². The minimum atomic E-state index is -3.95. The van der Waals surface area contributed by atoms with Gasteiger partial charge in [0, 0.05) is 11.6 Å². The molecule has 3 aromatic rings. The normalized spacial score (nSPS) is 16.1. The Labute approximate surface area is 197 Å². The average Bonchev–Trinajstić information content (AvgIpc) is 3.63. The highest BCUT2D eigenvalue weighted by Crippen LogP contribution is 2.40. The highest BCUT2D eigenvalue weighted by atomic mass is 32.2. The highest BCUT2D eigenvalue weighted by molar-refractivity contribution is 7.90. The third kappa shape index (κ3) is 3.99. The molecule has 0 bridgehead atoms. The summed E-state index contributed by atoms with van der Waals surface area (Å²) in [6, 6.07) is 17.9. The maximum atomic E-state index is 13.0. The van der Waals surface area contributed by atoms with Crippen molar-refractivity contribution in [1.29, 1.82) is 0 Å². The zero-order valence-corrected chi connectivity index (χ0v) is 19.2. The van der Waals surface area contributed by atoms with E-state index < -0.39 is 21.8 Å². The van der Waals surface area contributed by atoms with Crippen LogP contribution in [0.1, 0.15) is 40.5 Å². The van der Waals surface area contributed by atoms with Gasteiger partial charge in [-0.05, 0) is 74.4 Å². The van der Waals surface area contributed by atoms with Crippen LogP contribution >= 0.6 is 0 Å². The van der Waals surface area contributed by atoms with Crippen LogP contribution in [0.3, 0.4) is 0 Å². The molecule has 3 aromatic carbocycles. The van der Waals surface area contributed by atoms with Crippen molar-refractivity contribution in [1.82, 2.24) is 4.31 Å². The minimum absolute atomic E-state index is 0.0997. The second kappa shape index (κ2) is 8.49. The molecule has 9 heteroatoms. The van der Waals surface area contributed by atoms with Gasteiger partial charge >= 0.3 is 0 Å². The minimum Gasteiger partial charge on any atom is -0.494 e. The number of benzene rings is 3. The number of sulfonamides is 1. The summed E-state index contributed by atoms with van der Waals surface area (Å²) in [4.78, 5) is 25.4. The van der Waals surface area contributed by atoms with Gasteiger partial charge in [-0.2, -0.15) is 0 Å². The van der Waals surface area contributed by atoms with Gasteiger partial charge in [0.25, 0.3) is 21.8 Å². The fourth-order valence-corrected chi connectivity index (χ4v) is 5.65. The molecule has 2 aliphatic rings. The molecule has 1 saturated carbocycles. The van der Waals surface area contributed by atoms with E-state index in [1.54, 1.807) is 48.5 Å². The number of hydrogen-bond donors (Lipinski definition) is 1. The van der Waals surface area contributed by atoms with Crippen molar-refractivity contribution in [2.45, 2.75) is 30.7 Å². The summed E-state index contributed by atoms with van der Waals surface area (Å²) < 4.78 is 38.1. The van der Waals surface area contributed by atoms with Crippen LogP contribution in [0.4, 0.5) is 5.69 Å². The summed E-state index contributed by atoms with van der Waals surface area (Å²) >= 11 is 0. The molecule has 1 heterocycles. The van der Waals surface area contributed by atoms with E-state index in [1.165, 1.54) is 18.2 Å². The van der Waals surface area contributed by atoms with Crippen molar-refractivity contribution in [3.05, 3.63) is 77.9 Å². The molecule has 0 atom stereocenters. The van der Waals surface area contributed by atoms with Gasteiger partial charge in [0.15, 0.2) is 5.75 Å². The summed E-state index contributed by atoms with van der Waals surface area (Å²) in [6.07, 6.45) is 1.33. The molecular weight excluding hydrogens is 456 g/mol. The fraction of sp³-hybridized carbons (Fsp3) is 0.200. The Morgan fingerprint density at radius 2 is 1.74 bits per heavy atom. The molecule has 5 rings (SSSR count). The number of ether oxygens (including phenoxy) is 2. The second-order valence-electron chi connectivity index (χ2n) is 8.00. The Morgan fingerprint density at radius 3 is 2.44 bits per heavy atom. The molecule has 0 aromatic heterocycles. The first-order chi connectivity index (χ1) is 16.4. The van der Waals surface area contributed by atoms with Gasteiger partial charge in [-0.3, -0.25) is 9.59 Å². The van der Waals surface area contributed by atoms with E-state index in [0.29, 0.717) is 36.6 Å². The standard InChI is InChI=1S/C25H22N2O6S/c1-2-32-18-10-12-19(13-11-18)33-22-6-4-3-5-21(22)26-24(28)16-7-14-20-23(15-16)34(30,31)27(25(20)29)17-8-9-17/h3-7,10-15,17H,2,8-9H2,1H3,(H,26,28). The molecule has 0 saturated heterocycles. The van der Waals surface area contributed by atoms with Crippen molar-refractivity contribution in [3.8, 4) is 17.2 Å². The van der Waals surface area contributed by atoms with Crippen molar-refractivity contribution in [2.24, 2.45) is 0 Å². The topological polar surface area (TPSA) is 102 Å². The third-order valence-electron chi connectivity index (χ3n) is 5.59. The molecule has 2 amide bonds. The molecule has 1 aliphatic carbocycles. The summed E-state index contributed by atoms with van der Waals surface area (Å²) in [6.45, 7) is 2.46. The molecular formula is C25H22N2O6S. The van der Waals surface area contributed by atoms with Gasteiger partial charge in [0.05, 0.1) is 17.9 Å². The van der Waals surface area contributed by atoms with Crippen LogP contribution in [0.15, 0.2) is 71.6 Å². The van der Waals surface area contributed by atoms with E-state index in [2.05, 4.69) is 5.32 Å². The molecule has 0 spiro atoms. The van der Waals surface area contributed by atoms with Crippen LogP contribution in [0.2, 0.25) is 0 Å². The number of nitrogens with one attached hydrogen (secondary N) is 1. The van der Waals surface area contributed by atoms with Crippen LogP contribution in [0.5, 0.6) is 17.2 Å². The Hall–Kier alpha value is -3.85. The summed E-state index contributed by atoms with van der Waals surface area (Å²) in [5.41, 5.74) is 0.645. The number of amides is 2. The van der Waals surface area contributed by atoms with Crippen LogP contribution in [0.25, 0.3) is 0 Å². The SMILES string of the molecule is CCOc1ccc(Oc2ccccc2NC(=O)c2ccc3c(c2)S(=O)(=O)N(C2CC2)C3=O)cc1. The Kier molecular flexibility index (Phi) is 5.49. The third-order valence-corrected chi connectivity index (χ3v) is 7.46. The zero-order valence-electron chi connectivity index (χ0n) is 18.4. The smallest absolute Gasteiger partial charge is 0.269 e. The summed E-state index contributed by atoms with van der Waals surface area (Å²) in [5.74, 6) is 0.662. The maximum Gasteiger partial charge on any atom is 0.269 e. The van der Waals surface area contributed by atoms with Crippen molar-refractivity contribution < 1.29 is 27.5 Å². The van der Waals surface area contributed by atoms with Crippen LogP contribution in [0, 0.1) is 0 Å². The number of carbonyl (C=O) groups excluding carboxylic acids is 2. The highest BCUT2D eigenvalue weighted by Gasteiger charge is 2.48.